The molecule has 39 N–H and O–H groups in total. The molecule has 1 aromatic carbocycles. The van der Waals surface area contributed by atoms with E-state index in [2.05, 4.69) is 79.2 Å². The van der Waals surface area contributed by atoms with Crippen molar-refractivity contribution in [1.82, 2.24) is 26.6 Å². The molecule has 10 atom stereocenters. The third-order valence-corrected chi connectivity index (χ3v) is 18.4. The highest BCUT2D eigenvalue weighted by molar-refractivity contribution is 7.80. The topological polar surface area (TPSA) is 815 Å². The Morgan fingerprint density at radius 2 is 0.574 bits per heavy atom. The minimum absolute atomic E-state index is 0.0123. The molecule has 0 saturated carbocycles. The van der Waals surface area contributed by atoms with Crippen molar-refractivity contribution in [3.05, 3.63) is 35.4 Å². The fourth-order valence-corrected chi connectivity index (χ4v) is 12.2. The molecule has 0 aromatic heterocycles. The van der Waals surface area contributed by atoms with Crippen LogP contribution in [0.5, 0.6) is 0 Å². The number of Topliss-reactive ketones (excluding diaryl/α,β-unsaturated/α-hetero) is 6. The average Bonchev–Trinajstić information content (AvgIpc) is 0.858. The summed E-state index contributed by atoms with van der Waals surface area (Å²) in [5, 5.41) is 13.8. The summed E-state index contributed by atoms with van der Waals surface area (Å²) in [6.45, 7) is 2.80. The van der Waals surface area contributed by atoms with E-state index in [1.54, 1.807) is 31.2 Å². The van der Waals surface area contributed by atoms with E-state index in [-0.39, 0.29) is 234 Å². The number of guanidine groups is 8. The number of thiol groups is 1. The number of rotatable bonds is 64. The van der Waals surface area contributed by atoms with E-state index in [1.165, 1.54) is 6.92 Å². The first kappa shape index (κ1) is 102. The quantitative estimate of drug-likeness (QED) is 0.00948. The number of aliphatic imine (C=N–C) groups is 8. The van der Waals surface area contributed by atoms with E-state index in [0.717, 1.165) is 0 Å². The minimum Gasteiger partial charge on any atom is -0.372 e. The largest absolute Gasteiger partial charge is 0.372 e. The molecule has 1 rings (SSSR count). The molecule has 0 aliphatic carbocycles. The number of nitrogens with one attached hydrogen (secondary N) is 5. The number of benzene rings is 1. The Balaban J connectivity index is 4.17. The fraction of sp³-hybridized carbons (Fsp3) is 0.634. The first-order valence-electron chi connectivity index (χ1n) is 38.0. The maximum Gasteiger partial charge on any atom is 0.246 e. The van der Waals surface area contributed by atoms with Crippen molar-refractivity contribution in [2.24, 2.45) is 167 Å². The summed E-state index contributed by atoms with van der Waals surface area (Å²) >= 11 is 4.18. The van der Waals surface area contributed by atoms with Crippen LogP contribution in [0.1, 0.15) is 165 Å². The third kappa shape index (κ3) is 47.0. The van der Waals surface area contributed by atoms with E-state index < -0.39 is 156 Å². The molecule has 0 bridgehead atoms. The number of nitrogens with two attached hydrogens (primary N) is 17. The van der Waals surface area contributed by atoms with Gasteiger partial charge in [-0.25, -0.2) is 0 Å². The first-order valence-corrected chi connectivity index (χ1v) is 38.7. The molecule has 0 heterocycles. The number of hydrogen-bond acceptors (Lipinski definition) is 22. The Hall–Kier alpha value is -11.5. The van der Waals surface area contributed by atoms with Crippen LogP contribution in [0, 0.1) is 29.6 Å². The van der Waals surface area contributed by atoms with Gasteiger partial charge in [0, 0.05) is 126 Å². The smallest absolute Gasteiger partial charge is 0.246 e. The standard InChI is InChI=1S/C71H126N30O13S/c1-3-114-38-58(108)97-52(32-41-20-22-42(23-21-41)40(2)102)57(107)36-46(15-7-27-92-67(79)80)63(113)100-50(18-10-30-95-70(85)86)55(105)34-44(13-5-25-90-65(75)76)61(111)98-48(16-8-28-93-68(81)82)53(103)33-43(12-4-24-89-64(73)74)60(110)99-49(17-9-29-94-69(83)84)54(104)35-45(14-6-26-91-66(77)78)62(112)101-51(19-11-31-96-71(87)88)56(106)37-47(39-115)59(72)109/h20-23,43-52,115H,3-19,24-39H2,1-2H3,(H2,72,109)(H,97,108)(H,98,111)(H,99,110)(H,100,113)(H,101,112)(H4,73,74,89)(H4,75,76,90)(H4,77,78,91)(H4,79,80,92)(H4,81,82,93)(H4,83,84,94)(H4,85,86,95)(H4,87,88,96)/t43-,44-,45-,46-,47+,48+,49+,50+,51+,52-/m0/s1. The molecule has 6 amide bonds. The lowest BCUT2D eigenvalue weighted by atomic mass is 9.88. The number of ether oxygens (including phenoxy) is 1. The summed E-state index contributed by atoms with van der Waals surface area (Å²) in [6.07, 6.45) is -2.53. The van der Waals surface area contributed by atoms with Crippen LogP contribution in [-0.4, -0.2) is 219 Å². The van der Waals surface area contributed by atoms with E-state index in [0.29, 0.717) is 11.1 Å². The molecular weight excluding hydrogens is 1510 g/mol. The number of primary amides is 1. The van der Waals surface area contributed by atoms with Crippen LogP contribution in [-0.2, 0) is 63.9 Å². The SMILES string of the molecule is CCOCC(=O)N[C@@H](Cc1ccc(C(C)=O)cc1)C(=O)C[C@H](CCCN=C(N)N)C(=O)N[C@H](CCCN=C(N)N)C(=O)C[C@H](CCCN=C(N)N)C(=O)N[C@H](CCCN=C(N)N)C(=O)C[C@H](CCCN=C(N)N)C(=O)N[C@H](CCCN=C(N)N)C(=O)C[C@H](CCCN=C(N)N)C(=O)N[C@H](CCCN=C(N)N)C(=O)C[C@H](CS)C(N)=O. The zero-order valence-corrected chi connectivity index (χ0v) is 67.0. The second kappa shape index (κ2) is 57.5. The highest BCUT2D eigenvalue weighted by Crippen LogP contribution is 2.24. The van der Waals surface area contributed by atoms with Crippen LogP contribution in [0.15, 0.2) is 64.2 Å². The van der Waals surface area contributed by atoms with E-state index in [4.69, 9.17) is 102 Å². The van der Waals surface area contributed by atoms with Gasteiger partial charge in [0.1, 0.15) is 6.61 Å². The third-order valence-electron chi connectivity index (χ3n) is 17.9. The highest BCUT2D eigenvalue weighted by atomic mass is 32.1. The molecule has 1 aromatic rings. The van der Waals surface area contributed by atoms with Crippen molar-refractivity contribution in [2.75, 3.05) is 71.3 Å². The Labute approximate surface area is 675 Å². The van der Waals surface area contributed by atoms with Crippen LogP contribution >= 0.6 is 12.6 Å². The van der Waals surface area contributed by atoms with Gasteiger partial charge >= 0.3 is 0 Å². The van der Waals surface area contributed by atoms with Gasteiger partial charge in [-0.2, -0.15) is 12.6 Å². The summed E-state index contributed by atoms with van der Waals surface area (Å²) < 4.78 is 5.31. The van der Waals surface area contributed by atoms with E-state index >= 15 is 19.2 Å². The molecule has 0 aliphatic heterocycles. The number of ketones is 6. The zero-order chi connectivity index (χ0) is 86.5. The van der Waals surface area contributed by atoms with Gasteiger partial charge in [-0.1, -0.05) is 24.3 Å². The lowest BCUT2D eigenvalue weighted by Gasteiger charge is -2.27. The molecule has 0 fully saturated rings. The Kier molecular flexibility index (Phi) is 50.8. The van der Waals surface area contributed by atoms with Gasteiger partial charge in [-0.15, -0.1) is 0 Å². The predicted octanol–water partition coefficient (Wildman–Crippen LogP) is -6.39. The molecule has 0 spiro atoms. The second-order valence-corrected chi connectivity index (χ2v) is 27.8. The Morgan fingerprint density at radius 1 is 0.339 bits per heavy atom. The van der Waals surface area contributed by atoms with Crippen LogP contribution in [0.2, 0.25) is 0 Å². The maximum atomic E-state index is 15.2. The van der Waals surface area contributed by atoms with Gasteiger partial charge in [-0.05, 0) is 129 Å². The Bertz CT molecular complexity index is 3540. The minimum atomic E-state index is -1.44. The van der Waals surface area contributed by atoms with Gasteiger partial charge in [0.05, 0.1) is 36.1 Å². The molecule has 43 nitrogen and oxygen atoms in total. The van der Waals surface area contributed by atoms with Crippen molar-refractivity contribution < 1.29 is 62.3 Å². The normalized spacial score (nSPS) is 13.5. The van der Waals surface area contributed by atoms with E-state index in [1.807, 2.05) is 0 Å². The summed E-state index contributed by atoms with van der Waals surface area (Å²) in [4.78, 5) is 203. The molecule has 0 unspecified atom stereocenters. The molecule has 115 heavy (non-hydrogen) atoms. The van der Waals surface area contributed by atoms with Crippen molar-refractivity contribution >= 4 is 130 Å². The van der Waals surface area contributed by atoms with Gasteiger partial charge in [0.2, 0.25) is 35.4 Å². The Morgan fingerprint density at radius 3 is 0.791 bits per heavy atom. The van der Waals surface area contributed by atoms with Gasteiger partial charge < -0.3 is 129 Å². The number of hydrogen-bond donors (Lipinski definition) is 23. The van der Waals surface area contributed by atoms with Gasteiger partial charge in [-0.3, -0.25) is 97.5 Å². The maximum absolute atomic E-state index is 15.2. The average molecular weight is 1640 g/mol. The van der Waals surface area contributed by atoms with E-state index in [9.17, 15) is 38.4 Å². The lowest BCUT2D eigenvalue weighted by molar-refractivity contribution is -0.136. The molecular formula is C71H126N30O13S. The summed E-state index contributed by atoms with van der Waals surface area (Å²) in [7, 11) is 0. The zero-order valence-electron chi connectivity index (χ0n) is 66.1. The number of carbonyl (C=O) groups is 12. The van der Waals surface area contributed by atoms with Gasteiger partial charge in [0.25, 0.3) is 0 Å². The van der Waals surface area contributed by atoms with Crippen LogP contribution < -0.4 is 124 Å². The number of amides is 6. The first-order chi connectivity index (χ1) is 54.4. The molecule has 0 saturated heterocycles. The van der Waals surface area contributed by atoms with Crippen molar-refractivity contribution in [2.45, 2.75) is 185 Å². The fourth-order valence-electron chi connectivity index (χ4n) is 11.9. The van der Waals surface area contributed by atoms with Gasteiger partial charge in [0.15, 0.2) is 82.4 Å². The highest BCUT2D eigenvalue weighted by Gasteiger charge is 2.37. The molecule has 0 aliphatic rings. The van der Waals surface area contributed by atoms with Crippen molar-refractivity contribution in [3.8, 4) is 0 Å². The summed E-state index contributed by atoms with van der Waals surface area (Å²) in [5.41, 5.74) is 96.7. The van der Waals surface area contributed by atoms with Crippen LogP contribution in [0.4, 0.5) is 0 Å². The van der Waals surface area contributed by atoms with Crippen LogP contribution in [0.25, 0.3) is 0 Å². The molecule has 0 radical (unpaired) electrons. The number of nitrogens with zero attached hydrogens (tertiary/aromatic N) is 8. The van der Waals surface area contributed by atoms with Crippen LogP contribution in [0.3, 0.4) is 0 Å². The monoisotopic (exact) mass is 1640 g/mol. The van der Waals surface area contributed by atoms with Crippen molar-refractivity contribution in [3.63, 3.8) is 0 Å². The predicted molar refractivity (Wildman–Crippen MR) is 444 cm³/mol. The number of carbonyl (C=O) groups excluding carboxylic acids is 12. The molecule has 644 valence electrons. The summed E-state index contributed by atoms with van der Waals surface area (Å²) in [5.74, 6) is -16.3. The lowest BCUT2D eigenvalue weighted by Crippen LogP contribution is -2.49. The summed E-state index contributed by atoms with van der Waals surface area (Å²) in [6, 6.07) is -0.281. The van der Waals surface area contributed by atoms with Crippen molar-refractivity contribution in [1.29, 1.82) is 0 Å². The second-order valence-electron chi connectivity index (χ2n) is 27.5. The molecule has 44 heteroatoms.